The summed E-state index contributed by atoms with van der Waals surface area (Å²) >= 11 is 1.68. The van der Waals surface area contributed by atoms with Crippen LogP contribution in [-0.4, -0.2) is 51.7 Å². The number of rotatable bonds is 4. The number of nitrogens with zero attached hydrogens (tertiary/aromatic N) is 3. The van der Waals surface area contributed by atoms with Gasteiger partial charge in [-0.1, -0.05) is 12.1 Å². The third kappa shape index (κ3) is 3.06. The zero-order valence-electron chi connectivity index (χ0n) is 13.3. The molecule has 2 amide bonds. The number of hydrogen-bond donors (Lipinski definition) is 1. The van der Waals surface area contributed by atoms with Crippen molar-refractivity contribution in [2.45, 2.75) is 25.3 Å². The molecule has 1 saturated heterocycles. The SMILES string of the molecule is CSCc1nc2ccccc2n1CC(=O)N1CCNC(=O)C1C. The highest BCUT2D eigenvalue weighted by Gasteiger charge is 2.29. The minimum atomic E-state index is -0.421. The van der Waals surface area contributed by atoms with Crippen molar-refractivity contribution in [1.29, 1.82) is 0 Å². The van der Waals surface area contributed by atoms with E-state index in [4.69, 9.17) is 0 Å². The summed E-state index contributed by atoms with van der Waals surface area (Å²) in [6.45, 7) is 3.04. The summed E-state index contributed by atoms with van der Waals surface area (Å²) in [7, 11) is 0. The summed E-state index contributed by atoms with van der Waals surface area (Å²) < 4.78 is 1.97. The number of imidazole rings is 1. The number of fused-ring (bicyclic) bond motifs is 1. The first-order valence-corrected chi connectivity index (χ1v) is 9.01. The van der Waals surface area contributed by atoms with Gasteiger partial charge in [0.2, 0.25) is 11.8 Å². The Balaban J connectivity index is 1.89. The van der Waals surface area contributed by atoms with Crippen molar-refractivity contribution in [3.05, 3.63) is 30.1 Å². The molecule has 23 heavy (non-hydrogen) atoms. The molecule has 7 heteroatoms. The second-order valence-corrected chi connectivity index (χ2v) is 6.46. The molecule has 1 unspecified atom stereocenters. The molecular weight excluding hydrogens is 312 g/mol. The number of piperazine rings is 1. The Morgan fingerprint density at radius 1 is 1.43 bits per heavy atom. The highest BCUT2D eigenvalue weighted by molar-refractivity contribution is 7.97. The van der Waals surface area contributed by atoms with Gasteiger partial charge in [-0.3, -0.25) is 9.59 Å². The minimum Gasteiger partial charge on any atom is -0.353 e. The fourth-order valence-electron chi connectivity index (χ4n) is 2.89. The molecule has 1 fully saturated rings. The first-order chi connectivity index (χ1) is 11.1. The van der Waals surface area contributed by atoms with Gasteiger partial charge in [0.15, 0.2) is 0 Å². The summed E-state index contributed by atoms with van der Waals surface area (Å²) in [6.07, 6.45) is 2.02. The standard InChI is InChI=1S/C16H20N4O2S/c1-11-16(22)17-7-8-19(11)15(21)9-20-13-6-4-3-5-12(13)18-14(20)10-23-2/h3-6,11H,7-10H2,1-2H3,(H,17,22). The lowest BCUT2D eigenvalue weighted by Crippen LogP contribution is -2.56. The predicted molar refractivity (Wildman–Crippen MR) is 91.1 cm³/mol. The van der Waals surface area contributed by atoms with Crippen LogP contribution in [0, 0.1) is 0 Å². The molecule has 1 aromatic carbocycles. The Kier molecular flexibility index (Phi) is 4.56. The lowest BCUT2D eigenvalue weighted by Gasteiger charge is -2.33. The minimum absolute atomic E-state index is 0.0437. The molecule has 2 aromatic rings. The van der Waals surface area contributed by atoms with E-state index >= 15 is 0 Å². The summed E-state index contributed by atoms with van der Waals surface area (Å²) in [5.41, 5.74) is 1.85. The van der Waals surface area contributed by atoms with E-state index in [0.717, 1.165) is 22.6 Å². The molecular formula is C16H20N4O2S. The van der Waals surface area contributed by atoms with Crippen molar-refractivity contribution in [3.63, 3.8) is 0 Å². The Morgan fingerprint density at radius 3 is 3.00 bits per heavy atom. The molecule has 0 bridgehead atoms. The summed E-state index contributed by atoms with van der Waals surface area (Å²) in [4.78, 5) is 30.8. The van der Waals surface area contributed by atoms with E-state index in [1.165, 1.54) is 0 Å². The van der Waals surface area contributed by atoms with E-state index < -0.39 is 6.04 Å². The molecule has 1 aliphatic rings. The van der Waals surface area contributed by atoms with Gasteiger partial charge in [0.1, 0.15) is 18.4 Å². The average Bonchev–Trinajstić information content (AvgIpc) is 2.88. The van der Waals surface area contributed by atoms with Crippen molar-refractivity contribution in [2.24, 2.45) is 0 Å². The topological polar surface area (TPSA) is 67.2 Å². The number of hydrogen-bond acceptors (Lipinski definition) is 4. The Labute approximate surface area is 139 Å². The van der Waals surface area contributed by atoms with E-state index in [-0.39, 0.29) is 18.4 Å². The monoisotopic (exact) mass is 332 g/mol. The van der Waals surface area contributed by atoms with Crippen LogP contribution in [-0.2, 0) is 21.9 Å². The van der Waals surface area contributed by atoms with Crippen molar-refractivity contribution in [2.75, 3.05) is 19.3 Å². The summed E-state index contributed by atoms with van der Waals surface area (Å²) in [6, 6.07) is 7.41. The first kappa shape index (κ1) is 15.9. The molecule has 0 aliphatic carbocycles. The molecule has 0 radical (unpaired) electrons. The van der Waals surface area contributed by atoms with Gasteiger partial charge in [-0.15, -0.1) is 0 Å². The van der Waals surface area contributed by atoms with E-state index in [0.29, 0.717) is 13.1 Å². The number of benzene rings is 1. The number of thioether (sulfide) groups is 1. The van der Waals surface area contributed by atoms with E-state index in [1.54, 1.807) is 23.6 Å². The van der Waals surface area contributed by atoms with Gasteiger partial charge in [0.25, 0.3) is 0 Å². The van der Waals surface area contributed by atoms with Gasteiger partial charge >= 0.3 is 0 Å². The van der Waals surface area contributed by atoms with Crippen LogP contribution < -0.4 is 5.32 Å². The second kappa shape index (κ2) is 6.62. The van der Waals surface area contributed by atoms with Crippen LogP contribution in [0.5, 0.6) is 0 Å². The zero-order valence-corrected chi connectivity index (χ0v) is 14.1. The van der Waals surface area contributed by atoms with Gasteiger partial charge < -0.3 is 14.8 Å². The Morgan fingerprint density at radius 2 is 2.22 bits per heavy atom. The molecule has 2 heterocycles. The van der Waals surface area contributed by atoms with Crippen molar-refractivity contribution in [3.8, 4) is 0 Å². The Hall–Kier alpha value is -2.02. The molecule has 1 atom stereocenters. The van der Waals surface area contributed by atoms with Gasteiger partial charge in [-0.05, 0) is 25.3 Å². The van der Waals surface area contributed by atoms with E-state index in [1.807, 2.05) is 35.1 Å². The first-order valence-electron chi connectivity index (χ1n) is 7.62. The number of amides is 2. The lowest BCUT2D eigenvalue weighted by atomic mass is 10.2. The van der Waals surface area contributed by atoms with Crippen molar-refractivity contribution >= 4 is 34.6 Å². The molecule has 0 spiro atoms. The average molecular weight is 332 g/mol. The normalized spacial score (nSPS) is 18.3. The summed E-state index contributed by atoms with van der Waals surface area (Å²) in [5, 5.41) is 2.78. The highest BCUT2D eigenvalue weighted by Crippen LogP contribution is 2.19. The fraction of sp³-hybridized carbons (Fsp3) is 0.438. The number of carbonyl (C=O) groups is 2. The number of carbonyl (C=O) groups excluding carboxylic acids is 2. The number of nitrogens with one attached hydrogen (secondary N) is 1. The second-order valence-electron chi connectivity index (χ2n) is 5.59. The third-order valence-corrected chi connectivity index (χ3v) is 4.67. The van der Waals surface area contributed by atoms with E-state index in [9.17, 15) is 9.59 Å². The van der Waals surface area contributed by atoms with Crippen LogP contribution in [0.1, 0.15) is 12.7 Å². The van der Waals surface area contributed by atoms with Crippen molar-refractivity contribution < 1.29 is 9.59 Å². The molecule has 122 valence electrons. The maximum atomic E-state index is 12.7. The van der Waals surface area contributed by atoms with Crippen LogP contribution in [0.2, 0.25) is 0 Å². The molecule has 1 N–H and O–H groups in total. The predicted octanol–water partition coefficient (Wildman–Crippen LogP) is 1.25. The van der Waals surface area contributed by atoms with Crippen LogP contribution in [0.3, 0.4) is 0 Å². The highest BCUT2D eigenvalue weighted by atomic mass is 32.2. The van der Waals surface area contributed by atoms with Crippen LogP contribution in [0.15, 0.2) is 24.3 Å². The zero-order chi connectivity index (χ0) is 16.4. The largest absolute Gasteiger partial charge is 0.353 e. The number of aromatic nitrogens is 2. The van der Waals surface area contributed by atoms with E-state index in [2.05, 4.69) is 10.3 Å². The van der Waals surface area contributed by atoms with Gasteiger partial charge in [0, 0.05) is 13.1 Å². The maximum Gasteiger partial charge on any atom is 0.243 e. The number of para-hydroxylation sites is 2. The van der Waals surface area contributed by atoms with Gasteiger partial charge in [-0.25, -0.2) is 4.98 Å². The summed E-state index contributed by atoms with van der Waals surface area (Å²) in [5.74, 6) is 1.50. The van der Waals surface area contributed by atoms with Gasteiger partial charge in [-0.2, -0.15) is 11.8 Å². The lowest BCUT2D eigenvalue weighted by molar-refractivity contribution is -0.142. The molecule has 3 rings (SSSR count). The van der Waals surface area contributed by atoms with Crippen LogP contribution >= 0.6 is 11.8 Å². The van der Waals surface area contributed by atoms with Crippen LogP contribution in [0.25, 0.3) is 11.0 Å². The maximum absolute atomic E-state index is 12.7. The Bertz CT molecular complexity index is 743. The smallest absolute Gasteiger partial charge is 0.243 e. The van der Waals surface area contributed by atoms with Gasteiger partial charge in [0.05, 0.1) is 16.8 Å². The third-order valence-electron chi connectivity index (χ3n) is 4.12. The quantitative estimate of drug-likeness (QED) is 0.915. The van der Waals surface area contributed by atoms with Crippen molar-refractivity contribution in [1.82, 2.24) is 19.8 Å². The fourth-order valence-corrected chi connectivity index (χ4v) is 3.37. The molecule has 1 aromatic heterocycles. The molecule has 6 nitrogen and oxygen atoms in total. The molecule has 0 saturated carbocycles. The molecule has 1 aliphatic heterocycles. The van der Waals surface area contributed by atoms with Crippen LogP contribution in [0.4, 0.5) is 0 Å².